The largest absolute Gasteiger partial charge is 0.298 e. The Hall–Kier alpha value is -4.82. The zero-order valence-electron chi connectivity index (χ0n) is 19.7. The molecule has 0 fully saturated rings. The van der Waals surface area contributed by atoms with E-state index in [1.807, 2.05) is 54.6 Å². The summed E-state index contributed by atoms with van der Waals surface area (Å²) in [5, 5.41) is 2.35. The molecule has 0 unspecified atom stereocenters. The Morgan fingerprint density at radius 1 is 0.444 bits per heavy atom. The third-order valence-electron chi connectivity index (χ3n) is 6.25. The van der Waals surface area contributed by atoms with Crippen LogP contribution in [0.15, 0.2) is 109 Å². The lowest BCUT2D eigenvalue weighted by Gasteiger charge is -2.14. The van der Waals surface area contributed by atoms with Crippen molar-refractivity contribution in [1.29, 1.82) is 0 Å². The van der Waals surface area contributed by atoms with Crippen LogP contribution in [0.4, 0.5) is 0 Å². The van der Waals surface area contributed by atoms with Crippen LogP contribution in [0.25, 0.3) is 46.2 Å². The molecule has 0 aliphatic rings. The van der Waals surface area contributed by atoms with Crippen molar-refractivity contribution in [3.8, 4) is 11.1 Å². The van der Waals surface area contributed by atoms with Gasteiger partial charge in [0.15, 0.2) is 0 Å². The molecular formula is C34H24O2. The van der Waals surface area contributed by atoms with Gasteiger partial charge in [-0.1, -0.05) is 127 Å². The van der Waals surface area contributed by atoms with Crippen molar-refractivity contribution < 1.29 is 9.59 Å². The molecular weight excluding hydrogens is 440 g/mol. The lowest BCUT2D eigenvalue weighted by molar-refractivity contribution is 0.111. The molecule has 5 aromatic carbocycles. The fourth-order valence-electron chi connectivity index (χ4n) is 4.34. The summed E-state index contributed by atoms with van der Waals surface area (Å²) in [6.07, 6.45) is 10.1. The number of hydrogen-bond donors (Lipinski definition) is 0. The van der Waals surface area contributed by atoms with E-state index in [4.69, 9.17) is 0 Å². The molecule has 5 rings (SSSR count). The van der Waals surface area contributed by atoms with E-state index in [9.17, 15) is 9.59 Å². The topological polar surface area (TPSA) is 34.1 Å². The van der Waals surface area contributed by atoms with Gasteiger partial charge >= 0.3 is 0 Å². The van der Waals surface area contributed by atoms with E-state index >= 15 is 0 Å². The average molecular weight is 465 g/mol. The van der Waals surface area contributed by atoms with Crippen LogP contribution in [0, 0.1) is 0 Å². The Morgan fingerprint density at radius 3 is 1.53 bits per heavy atom. The molecule has 0 N–H and O–H groups in total. The molecule has 172 valence electrons. The highest BCUT2D eigenvalue weighted by atomic mass is 16.1. The van der Waals surface area contributed by atoms with Gasteiger partial charge in [-0.2, -0.15) is 0 Å². The van der Waals surface area contributed by atoms with E-state index in [-0.39, 0.29) is 0 Å². The monoisotopic (exact) mass is 464 g/mol. The van der Waals surface area contributed by atoms with Crippen LogP contribution in [0.5, 0.6) is 0 Å². The maximum atomic E-state index is 11.0. The molecule has 0 saturated carbocycles. The van der Waals surface area contributed by atoms with Crippen LogP contribution in [0.1, 0.15) is 43.0 Å². The summed E-state index contributed by atoms with van der Waals surface area (Å²) in [4.78, 5) is 22.0. The van der Waals surface area contributed by atoms with Gasteiger partial charge in [-0.15, -0.1) is 0 Å². The molecule has 0 saturated heterocycles. The standard InChI is InChI=1S/C34H24O2/c35-23-27-14-10-25(11-15-27)18-20-30-22-34(29-6-2-1-3-7-29)33-9-5-4-8-32(33)31(30)21-19-26-12-16-28(24-36)17-13-26/h1-24H. The number of carbonyl (C=O) groups is 2. The molecule has 0 spiro atoms. The van der Waals surface area contributed by atoms with Crippen LogP contribution >= 0.6 is 0 Å². The SMILES string of the molecule is O=Cc1ccc(C=Cc2cc(-c3ccccc3)c3ccccc3c2C=Cc2ccc(C=O)cc2)cc1. The Labute approximate surface area is 210 Å². The van der Waals surface area contributed by atoms with Crippen molar-refractivity contribution in [2.24, 2.45) is 0 Å². The van der Waals surface area contributed by atoms with E-state index in [1.165, 1.54) is 16.5 Å². The third-order valence-corrected chi connectivity index (χ3v) is 6.25. The Balaban J connectivity index is 1.67. The smallest absolute Gasteiger partial charge is 0.150 e. The first-order chi connectivity index (χ1) is 17.7. The fraction of sp³-hybridized carbons (Fsp3) is 0. The van der Waals surface area contributed by atoms with E-state index < -0.39 is 0 Å². The molecule has 0 heterocycles. The van der Waals surface area contributed by atoms with E-state index in [2.05, 4.69) is 78.9 Å². The Kier molecular flexibility index (Phi) is 6.77. The van der Waals surface area contributed by atoms with Gasteiger partial charge in [0.1, 0.15) is 12.6 Å². The predicted octanol–water partition coefficient (Wildman–Crippen LogP) is 8.47. The van der Waals surface area contributed by atoms with Crippen LogP contribution < -0.4 is 0 Å². The molecule has 5 aromatic rings. The molecule has 0 aliphatic heterocycles. The molecule has 2 nitrogen and oxygen atoms in total. The van der Waals surface area contributed by atoms with Gasteiger partial charge in [-0.25, -0.2) is 0 Å². The van der Waals surface area contributed by atoms with Crippen molar-refractivity contribution in [3.63, 3.8) is 0 Å². The second-order valence-electron chi connectivity index (χ2n) is 8.57. The average Bonchev–Trinajstić information content (AvgIpc) is 2.96. The van der Waals surface area contributed by atoms with Gasteiger partial charge < -0.3 is 0 Å². The second kappa shape index (κ2) is 10.6. The summed E-state index contributed by atoms with van der Waals surface area (Å²) in [5.74, 6) is 0. The quantitative estimate of drug-likeness (QED) is 0.179. The van der Waals surface area contributed by atoms with Gasteiger partial charge in [-0.3, -0.25) is 9.59 Å². The molecule has 0 amide bonds. The van der Waals surface area contributed by atoms with Gasteiger partial charge in [0, 0.05) is 11.1 Å². The maximum absolute atomic E-state index is 11.0. The molecule has 2 heteroatoms. The summed E-state index contributed by atoms with van der Waals surface area (Å²) in [5.41, 5.74) is 7.92. The molecule has 0 bridgehead atoms. The highest BCUT2D eigenvalue weighted by molar-refractivity contribution is 6.05. The number of rotatable bonds is 7. The van der Waals surface area contributed by atoms with Crippen LogP contribution in [0.3, 0.4) is 0 Å². The van der Waals surface area contributed by atoms with Crippen molar-refractivity contribution >= 4 is 47.6 Å². The highest BCUT2D eigenvalue weighted by Crippen LogP contribution is 2.35. The van der Waals surface area contributed by atoms with E-state index in [1.54, 1.807) is 0 Å². The second-order valence-corrected chi connectivity index (χ2v) is 8.57. The van der Waals surface area contributed by atoms with Crippen molar-refractivity contribution in [3.05, 3.63) is 143 Å². The summed E-state index contributed by atoms with van der Waals surface area (Å²) < 4.78 is 0. The minimum atomic E-state index is 0.661. The fourth-order valence-corrected chi connectivity index (χ4v) is 4.34. The van der Waals surface area contributed by atoms with E-state index in [0.717, 1.165) is 40.2 Å². The molecule has 0 aliphatic carbocycles. The van der Waals surface area contributed by atoms with Crippen molar-refractivity contribution in [2.45, 2.75) is 0 Å². The Bertz CT molecular complexity index is 1570. The zero-order valence-corrected chi connectivity index (χ0v) is 19.7. The number of aldehydes is 2. The van der Waals surface area contributed by atoms with Crippen molar-refractivity contribution in [1.82, 2.24) is 0 Å². The highest BCUT2D eigenvalue weighted by Gasteiger charge is 2.10. The van der Waals surface area contributed by atoms with E-state index in [0.29, 0.717) is 11.1 Å². The van der Waals surface area contributed by atoms with Gasteiger partial charge in [0.05, 0.1) is 0 Å². The van der Waals surface area contributed by atoms with Crippen LogP contribution in [0.2, 0.25) is 0 Å². The summed E-state index contributed by atoms with van der Waals surface area (Å²) in [6.45, 7) is 0. The molecule has 0 aromatic heterocycles. The lowest BCUT2D eigenvalue weighted by atomic mass is 9.90. The first kappa shape index (κ1) is 22.9. The van der Waals surface area contributed by atoms with Crippen LogP contribution in [-0.2, 0) is 0 Å². The minimum Gasteiger partial charge on any atom is -0.298 e. The number of carbonyl (C=O) groups excluding carboxylic acids is 2. The molecule has 36 heavy (non-hydrogen) atoms. The first-order valence-corrected chi connectivity index (χ1v) is 11.8. The number of benzene rings is 5. The zero-order chi connectivity index (χ0) is 24.7. The Morgan fingerprint density at radius 2 is 0.944 bits per heavy atom. The first-order valence-electron chi connectivity index (χ1n) is 11.8. The van der Waals surface area contributed by atoms with Gasteiger partial charge in [0.2, 0.25) is 0 Å². The minimum absolute atomic E-state index is 0.661. The third kappa shape index (κ3) is 4.98. The predicted molar refractivity (Wildman–Crippen MR) is 151 cm³/mol. The van der Waals surface area contributed by atoms with Crippen molar-refractivity contribution in [2.75, 3.05) is 0 Å². The molecule has 0 atom stereocenters. The molecule has 0 radical (unpaired) electrons. The lowest BCUT2D eigenvalue weighted by Crippen LogP contribution is -1.90. The summed E-state index contributed by atoms with van der Waals surface area (Å²) in [7, 11) is 0. The normalized spacial score (nSPS) is 11.3. The maximum Gasteiger partial charge on any atom is 0.150 e. The van der Waals surface area contributed by atoms with Crippen LogP contribution in [-0.4, -0.2) is 12.6 Å². The number of fused-ring (bicyclic) bond motifs is 1. The van der Waals surface area contributed by atoms with Gasteiger partial charge in [0.25, 0.3) is 0 Å². The summed E-state index contributed by atoms with van der Waals surface area (Å²) >= 11 is 0. The summed E-state index contributed by atoms with van der Waals surface area (Å²) in [6, 6.07) is 36.2. The number of hydrogen-bond acceptors (Lipinski definition) is 2. The van der Waals surface area contributed by atoms with Gasteiger partial charge in [-0.05, 0) is 50.2 Å².